The number of nitrogens with two attached hydrogens (primary N) is 1. The maximum absolute atomic E-state index is 11.8. The molecular weight excluding hydrogens is 244 g/mol. The van der Waals surface area contributed by atoms with E-state index in [1.54, 1.807) is 36.4 Å². The lowest BCUT2D eigenvalue weighted by Crippen LogP contribution is -2.24. The number of hydrogen-bond donors (Lipinski definition) is 2. The fourth-order valence-electron chi connectivity index (χ4n) is 1.63. The van der Waals surface area contributed by atoms with Crippen molar-refractivity contribution in [2.45, 2.75) is 0 Å². The van der Waals surface area contributed by atoms with E-state index in [-0.39, 0.29) is 11.2 Å². The average molecular weight is 258 g/mol. The van der Waals surface area contributed by atoms with Gasteiger partial charge in [0.25, 0.3) is 5.91 Å². The highest BCUT2D eigenvalue weighted by Gasteiger charge is 2.10. The van der Waals surface area contributed by atoms with Gasteiger partial charge in [0.1, 0.15) is 5.58 Å². The van der Waals surface area contributed by atoms with Gasteiger partial charge in [-0.15, -0.1) is 0 Å². The molecule has 19 heavy (non-hydrogen) atoms. The average Bonchev–Trinajstić information content (AvgIpc) is 2.43. The second-order valence-electron chi connectivity index (χ2n) is 3.89. The van der Waals surface area contributed by atoms with E-state index in [2.05, 4.69) is 5.32 Å². The number of amides is 1. The highest BCUT2D eigenvalue weighted by molar-refractivity contribution is 5.93. The van der Waals surface area contributed by atoms with Crippen LogP contribution < -0.4 is 16.5 Å². The van der Waals surface area contributed by atoms with Crippen LogP contribution in [0, 0.1) is 0 Å². The Labute approximate surface area is 109 Å². The first-order valence-electron chi connectivity index (χ1n) is 5.88. The molecule has 0 fully saturated rings. The number of rotatable bonds is 4. The molecule has 1 heterocycles. The van der Waals surface area contributed by atoms with Crippen molar-refractivity contribution in [1.29, 1.82) is 0 Å². The highest BCUT2D eigenvalue weighted by Crippen LogP contribution is 2.11. The van der Waals surface area contributed by atoms with Crippen LogP contribution in [-0.2, 0) is 0 Å². The molecule has 0 bridgehead atoms. The molecule has 0 spiro atoms. The molecule has 5 nitrogen and oxygen atoms in total. The van der Waals surface area contributed by atoms with Crippen molar-refractivity contribution in [3.05, 3.63) is 58.5 Å². The third-order valence-corrected chi connectivity index (χ3v) is 2.54. The van der Waals surface area contributed by atoms with Crippen molar-refractivity contribution >= 4 is 16.9 Å². The summed E-state index contributed by atoms with van der Waals surface area (Å²) < 4.78 is 5.40. The van der Waals surface area contributed by atoms with Crippen LogP contribution in [0.5, 0.6) is 0 Å². The first kappa shape index (κ1) is 13.0. The first-order chi connectivity index (χ1) is 9.22. The smallest absolute Gasteiger partial charge is 0.287 e. The molecule has 0 aliphatic rings. The summed E-state index contributed by atoms with van der Waals surface area (Å²) in [5.74, 6) is -0.422. The van der Waals surface area contributed by atoms with Gasteiger partial charge in [0.15, 0.2) is 11.2 Å². The van der Waals surface area contributed by atoms with Gasteiger partial charge in [-0.05, 0) is 12.1 Å². The van der Waals surface area contributed by atoms with Crippen molar-refractivity contribution in [3.63, 3.8) is 0 Å². The molecule has 0 atom stereocenters. The van der Waals surface area contributed by atoms with Crippen LogP contribution in [0.25, 0.3) is 11.0 Å². The van der Waals surface area contributed by atoms with Crippen molar-refractivity contribution in [2.24, 2.45) is 5.73 Å². The Kier molecular flexibility index (Phi) is 4.10. The van der Waals surface area contributed by atoms with Crippen LogP contribution in [-0.4, -0.2) is 19.0 Å². The van der Waals surface area contributed by atoms with Crippen molar-refractivity contribution in [1.82, 2.24) is 5.32 Å². The molecule has 0 saturated carbocycles. The van der Waals surface area contributed by atoms with Crippen molar-refractivity contribution in [2.75, 3.05) is 13.1 Å². The fourth-order valence-corrected chi connectivity index (χ4v) is 1.63. The van der Waals surface area contributed by atoms with E-state index < -0.39 is 5.91 Å². The van der Waals surface area contributed by atoms with Gasteiger partial charge in [0.2, 0.25) is 0 Å². The Hall–Kier alpha value is -2.40. The molecule has 0 unspecified atom stereocenters. The molecule has 98 valence electrons. The summed E-state index contributed by atoms with van der Waals surface area (Å²) in [6, 6.07) is 8.01. The Balaban J connectivity index is 2.23. The lowest BCUT2D eigenvalue weighted by atomic mass is 10.2. The second-order valence-corrected chi connectivity index (χ2v) is 3.89. The molecule has 1 aromatic carbocycles. The summed E-state index contributed by atoms with van der Waals surface area (Å²) in [6.07, 6.45) is 3.47. The van der Waals surface area contributed by atoms with E-state index in [0.29, 0.717) is 24.1 Å². The summed E-state index contributed by atoms with van der Waals surface area (Å²) >= 11 is 0. The van der Waals surface area contributed by atoms with Gasteiger partial charge >= 0.3 is 0 Å². The van der Waals surface area contributed by atoms with Gasteiger partial charge in [0, 0.05) is 19.2 Å². The minimum atomic E-state index is -0.426. The Morgan fingerprint density at radius 3 is 2.89 bits per heavy atom. The number of fused-ring (bicyclic) bond motifs is 1. The van der Waals surface area contributed by atoms with Crippen LogP contribution in [0.4, 0.5) is 0 Å². The number of para-hydroxylation sites is 1. The molecule has 0 radical (unpaired) electrons. The largest absolute Gasteiger partial charge is 0.451 e. The maximum Gasteiger partial charge on any atom is 0.287 e. The molecule has 0 saturated heterocycles. The summed E-state index contributed by atoms with van der Waals surface area (Å²) in [4.78, 5) is 23.6. The maximum atomic E-state index is 11.8. The summed E-state index contributed by atoms with van der Waals surface area (Å²) in [5, 5.41) is 3.07. The van der Waals surface area contributed by atoms with E-state index >= 15 is 0 Å². The third kappa shape index (κ3) is 3.08. The molecule has 2 rings (SSSR count). The quantitative estimate of drug-likeness (QED) is 0.802. The Morgan fingerprint density at radius 2 is 2.11 bits per heavy atom. The minimum absolute atomic E-state index is 0.00449. The summed E-state index contributed by atoms with van der Waals surface area (Å²) in [6.45, 7) is 0.757. The molecule has 1 amide bonds. The molecule has 5 heteroatoms. The van der Waals surface area contributed by atoms with Gasteiger partial charge in [-0.1, -0.05) is 24.3 Å². The van der Waals surface area contributed by atoms with E-state index in [0.717, 1.165) is 0 Å². The van der Waals surface area contributed by atoms with E-state index in [4.69, 9.17) is 10.2 Å². The molecule has 0 aliphatic carbocycles. The number of carbonyl (C=O) groups excluding carboxylic acids is 1. The number of benzene rings is 1. The number of carbonyl (C=O) groups is 1. The predicted octanol–water partition coefficient (Wildman–Crippen LogP) is 1.04. The number of hydrogen-bond acceptors (Lipinski definition) is 4. The molecule has 3 N–H and O–H groups in total. The zero-order chi connectivity index (χ0) is 13.7. The van der Waals surface area contributed by atoms with Gasteiger partial charge in [-0.25, -0.2) is 0 Å². The van der Waals surface area contributed by atoms with Gasteiger partial charge in [-0.3, -0.25) is 9.59 Å². The summed E-state index contributed by atoms with van der Waals surface area (Å²) in [7, 11) is 0. The molecular formula is C14H14N2O3. The van der Waals surface area contributed by atoms with Gasteiger partial charge < -0.3 is 15.5 Å². The molecule has 2 aromatic rings. The van der Waals surface area contributed by atoms with Crippen molar-refractivity contribution < 1.29 is 9.21 Å². The molecule has 0 aliphatic heterocycles. The number of nitrogens with one attached hydrogen (secondary N) is 1. The SMILES string of the molecule is NC/C=C/CNC(=O)c1cc(=O)c2ccccc2o1. The van der Waals surface area contributed by atoms with Gasteiger partial charge in [-0.2, -0.15) is 0 Å². The van der Waals surface area contributed by atoms with E-state index in [1.807, 2.05) is 0 Å². The first-order valence-corrected chi connectivity index (χ1v) is 5.88. The monoisotopic (exact) mass is 258 g/mol. The van der Waals surface area contributed by atoms with E-state index in [1.165, 1.54) is 6.07 Å². The van der Waals surface area contributed by atoms with Gasteiger partial charge in [0.05, 0.1) is 5.39 Å². The standard InChI is InChI=1S/C14H14N2O3/c15-7-3-4-8-16-14(18)13-9-11(17)10-5-1-2-6-12(10)19-13/h1-6,9H,7-8,15H2,(H,16,18)/b4-3+. The van der Waals surface area contributed by atoms with Crippen LogP contribution >= 0.6 is 0 Å². The highest BCUT2D eigenvalue weighted by atomic mass is 16.3. The lowest BCUT2D eigenvalue weighted by molar-refractivity contribution is 0.0931. The zero-order valence-corrected chi connectivity index (χ0v) is 10.3. The van der Waals surface area contributed by atoms with Crippen LogP contribution in [0.2, 0.25) is 0 Å². The molecule has 1 aromatic heterocycles. The van der Waals surface area contributed by atoms with E-state index in [9.17, 15) is 9.59 Å². The van der Waals surface area contributed by atoms with Crippen LogP contribution in [0.15, 0.2) is 51.7 Å². The Bertz CT molecular complexity index is 674. The Morgan fingerprint density at radius 1 is 1.32 bits per heavy atom. The fraction of sp³-hybridized carbons (Fsp3) is 0.143. The third-order valence-electron chi connectivity index (χ3n) is 2.54. The minimum Gasteiger partial charge on any atom is -0.451 e. The van der Waals surface area contributed by atoms with Crippen LogP contribution in [0.1, 0.15) is 10.6 Å². The second kappa shape index (κ2) is 5.97. The normalized spacial score (nSPS) is 11.0. The lowest BCUT2D eigenvalue weighted by Gasteiger charge is -2.03. The summed E-state index contributed by atoms with van der Waals surface area (Å²) in [5.41, 5.74) is 5.45. The predicted molar refractivity (Wildman–Crippen MR) is 73.0 cm³/mol. The topological polar surface area (TPSA) is 85.3 Å². The van der Waals surface area contributed by atoms with Crippen molar-refractivity contribution in [3.8, 4) is 0 Å². The van der Waals surface area contributed by atoms with Crippen LogP contribution in [0.3, 0.4) is 0 Å². The zero-order valence-electron chi connectivity index (χ0n) is 10.3.